The number of piperazine rings is 1. The van der Waals surface area contributed by atoms with Crippen molar-refractivity contribution in [1.29, 1.82) is 0 Å². The molecule has 3 rings (SSSR count). The van der Waals surface area contributed by atoms with Crippen molar-refractivity contribution >= 4 is 57.5 Å². The van der Waals surface area contributed by atoms with Gasteiger partial charge in [0.05, 0.1) is 5.75 Å². The first kappa shape index (κ1) is 23.5. The summed E-state index contributed by atoms with van der Waals surface area (Å²) in [5.41, 5.74) is 0. The van der Waals surface area contributed by atoms with Crippen molar-refractivity contribution in [2.45, 2.75) is 0 Å². The van der Waals surface area contributed by atoms with Crippen LogP contribution in [0.3, 0.4) is 0 Å². The molecular formula is C17H29IN6O2S2. The Kier molecular flexibility index (Phi) is 9.57. The van der Waals surface area contributed by atoms with Gasteiger partial charge in [0.2, 0.25) is 10.0 Å². The fraction of sp³-hybridized carbons (Fsp3) is 0.647. The maximum absolute atomic E-state index is 12.4. The van der Waals surface area contributed by atoms with Crippen molar-refractivity contribution in [3.63, 3.8) is 0 Å². The predicted octanol–water partition coefficient (Wildman–Crippen LogP) is 0.776. The SMILES string of the molecule is CN=C(NCCS(=O)(=O)N1CCSCC1)N1CCN(c2ccccn2)CC1.I. The summed E-state index contributed by atoms with van der Waals surface area (Å²) in [5.74, 6) is 3.62. The van der Waals surface area contributed by atoms with E-state index in [2.05, 4.69) is 25.1 Å². The molecule has 2 saturated heterocycles. The minimum absolute atomic E-state index is 0. The number of pyridine rings is 1. The Hall–Kier alpha value is -0.790. The summed E-state index contributed by atoms with van der Waals surface area (Å²) < 4.78 is 26.5. The molecule has 0 aliphatic carbocycles. The lowest BCUT2D eigenvalue weighted by atomic mass is 10.3. The molecule has 8 nitrogen and oxygen atoms in total. The second-order valence-corrected chi connectivity index (χ2v) is 9.78. The summed E-state index contributed by atoms with van der Waals surface area (Å²) in [6.45, 7) is 5.00. The third-order valence-corrected chi connectivity index (χ3v) is 7.59. The standard InChI is InChI=1S/C17H28N6O2S2.HI/c1-18-17(20-6-15-27(24,25)23-11-13-26-14-12-23)22-9-7-21(8-10-22)16-4-2-3-5-19-16;/h2-5H,6-15H2,1H3,(H,18,20);1H. The monoisotopic (exact) mass is 540 g/mol. The van der Waals surface area contributed by atoms with Gasteiger partial charge in [-0.15, -0.1) is 24.0 Å². The molecule has 2 fully saturated rings. The number of hydrogen-bond donors (Lipinski definition) is 1. The highest BCUT2D eigenvalue weighted by atomic mass is 127. The molecule has 0 bridgehead atoms. The van der Waals surface area contributed by atoms with Crippen molar-refractivity contribution in [3.05, 3.63) is 24.4 Å². The topological polar surface area (TPSA) is 81.1 Å². The third-order valence-electron chi connectivity index (χ3n) is 4.77. The van der Waals surface area contributed by atoms with E-state index in [1.165, 1.54) is 0 Å². The van der Waals surface area contributed by atoms with Gasteiger partial charge in [0.1, 0.15) is 5.82 Å². The van der Waals surface area contributed by atoms with Crippen LogP contribution < -0.4 is 10.2 Å². The van der Waals surface area contributed by atoms with E-state index in [9.17, 15) is 8.42 Å². The van der Waals surface area contributed by atoms with Gasteiger partial charge in [-0.1, -0.05) is 6.07 Å². The van der Waals surface area contributed by atoms with Crippen molar-refractivity contribution in [2.24, 2.45) is 4.99 Å². The Labute approximate surface area is 189 Å². The maximum Gasteiger partial charge on any atom is 0.215 e. The van der Waals surface area contributed by atoms with Crippen molar-refractivity contribution < 1.29 is 8.42 Å². The molecule has 28 heavy (non-hydrogen) atoms. The fourth-order valence-electron chi connectivity index (χ4n) is 3.27. The van der Waals surface area contributed by atoms with Gasteiger partial charge in [0, 0.05) is 70.6 Å². The van der Waals surface area contributed by atoms with Crippen LogP contribution in [0, 0.1) is 0 Å². The smallest absolute Gasteiger partial charge is 0.215 e. The lowest BCUT2D eigenvalue weighted by Gasteiger charge is -2.37. The van der Waals surface area contributed by atoms with E-state index in [1.54, 1.807) is 11.4 Å². The number of hydrogen-bond acceptors (Lipinski definition) is 6. The van der Waals surface area contributed by atoms with E-state index in [0.717, 1.165) is 49.5 Å². The number of sulfonamides is 1. The van der Waals surface area contributed by atoms with Crippen molar-refractivity contribution in [2.75, 3.05) is 75.0 Å². The number of aromatic nitrogens is 1. The zero-order valence-corrected chi connectivity index (χ0v) is 20.1. The third kappa shape index (κ3) is 6.36. The molecular weight excluding hydrogens is 511 g/mol. The Balaban J connectivity index is 0.00000280. The number of aliphatic imine (C=N–C) groups is 1. The highest BCUT2D eigenvalue weighted by molar-refractivity contribution is 14.0. The fourth-order valence-corrected chi connectivity index (χ4v) is 5.76. The number of thioether (sulfide) groups is 1. The number of anilines is 1. The molecule has 0 saturated carbocycles. The first-order valence-corrected chi connectivity index (χ1v) is 12.0. The van der Waals surface area contributed by atoms with Gasteiger partial charge in [-0.2, -0.15) is 11.8 Å². The van der Waals surface area contributed by atoms with Gasteiger partial charge < -0.3 is 15.1 Å². The molecule has 11 heteroatoms. The predicted molar refractivity (Wildman–Crippen MR) is 127 cm³/mol. The molecule has 2 aliphatic rings. The first-order valence-electron chi connectivity index (χ1n) is 9.27. The highest BCUT2D eigenvalue weighted by Crippen LogP contribution is 2.14. The maximum atomic E-state index is 12.4. The molecule has 0 spiro atoms. The minimum atomic E-state index is -3.20. The van der Waals surface area contributed by atoms with Crippen LogP contribution in [0.5, 0.6) is 0 Å². The quantitative estimate of drug-likeness (QED) is 0.336. The molecule has 1 N–H and O–H groups in total. The molecule has 158 valence electrons. The van der Waals surface area contributed by atoms with Gasteiger partial charge in [-0.05, 0) is 12.1 Å². The minimum Gasteiger partial charge on any atom is -0.355 e. The van der Waals surface area contributed by atoms with Crippen LogP contribution in [-0.4, -0.2) is 98.7 Å². The molecule has 2 aliphatic heterocycles. The summed E-state index contributed by atoms with van der Waals surface area (Å²) in [6, 6.07) is 5.94. The summed E-state index contributed by atoms with van der Waals surface area (Å²) in [7, 11) is -1.46. The van der Waals surface area contributed by atoms with E-state index in [4.69, 9.17) is 0 Å². The Morgan fingerprint density at radius 1 is 1.18 bits per heavy atom. The van der Waals surface area contributed by atoms with Crippen LogP contribution in [-0.2, 0) is 10.0 Å². The number of nitrogens with one attached hydrogen (secondary N) is 1. The second-order valence-electron chi connectivity index (χ2n) is 6.46. The van der Waals surface area contributed by atoms with Gasteiger partial charge >= 0.3 is 0 Å². The first-order chi connectivity index (χ1) is 13.1. The van der Waals surface area contributed by atoms with E-state index in [-0.39, 0.29) is 29.7 Å². The summed E-state index contributed by atoms with van der Waals surface area (Å²) in [6.07, 6.45) is 1.81. The van der Waals surface area contributed by atoms with Gasteiger partial charge in [-0.3, -0.25) is 4.99 Å². The summed E-state index contributed by atoms with van der Waals surface area (Å²) >= 11 is 1.81. The van der Waals surface area contributed by atoms with E-state index >= 15 is 0 Å². The molecule has 0 radical (unpaired) electrons. The number of nitrogens with zero attached hydrogens (tertiary/aromatic N) is 5. The molecule has 0 atom stereocenters. The molecule has 3 heterocycles. The molecule has 0 aromatic carbocycles. The largest absolute Gasteiger partial charge is 0.355 e. The molecule has 0 unspecified atom stereocenters. The van der Waals surface area contributed by atoms with Crippen molar-refractivity contribution in [1.82, 2.24) is 19.5 Å². The summed E-state index contributed by atoms with van der Waals surface area (Å²) in [4.78, 5) is 13.2. The van der Waals surface area contributed by atoms with Gasteiger partial charge in [0.25, 0.3) is 0 Å². The number of rotatable bonds is 5. The Morgan fingerprint density at radius 3 is 2.50 bits per heavy atom. The van der Waals surface area contributed by atoms with Crippen LogP contribution in [0.1, 0.15) is 0 Å². The van der Waals surface area contributed by atoms with Crippen molar-refractivity contribution in [3.8, 4) is 0 Å². The highest BCUT2D eigenvalue weighted by Gasteiger charge is 2.25. The van der Waals surface area contributed by atoms with E-state index in [1.807, 2.05) is 36.2 Å². The van der Waals surface area contributed by atoms with Gasteiger partial charge in [-0.25, -0.2) is 17.7 Å². The van der Waals surface area contributed by atoms with Crippen LogP contribution in [0.4, 0.5) is 5.82 Å². The Bertz CT molecular complexity index is 720. The normalized spacial score (nSPS) is 19.2. The van der Waals surface area contributed by atoms with E-state index < -0.39 is 10.0 Å². The zero-order valence-electron chi connectivity index (χ0n) is 16.2. The number of guanidine groups is 1. The molecule has 1 aromatic rings. The van der Waals surface area contributed by atoms with E-state index in [0.29, 0.717) is 19.6 Å². The van der Waals surface area contributed by atoms with Gasteiger partial charge in [0.15, 0.2) is 5.96 Å². The average Bonchev–Trinajstić information content (AvgIpc) is 2.73. The van der Waals surface area contributed by atoms with Crippen LogP contribution in [0.15, 0.2) is 29.4 Å². The van der Waals surface area contributed by atoms with Crippen LogP contribution >= 0.6 is 35.7 Å². The lowest BCUT2D eigenvalue weighted by Crippen LogP contribution is -2.53. The number of halogens is 1. The average molecular weight is 540 g/mol. The van der Waals surface area contributed by atoms with Crippen LogP contribution in [0.25, 0.3) is 0 Å². The van der Waals surface area contributed by atoms with Crippen LogP contribution in [0.2, 0.25) is 0 Å². The Morgan fingerprint density at radius 2 is 1.89 bits per heavy atom. The zero-order chi connectivity index (χ0) is 19.1. The second kappa shape index (κ2) is 11.4. The summed E-state index contributed by atoms with van der Waals surface area (Å²) in [5, 5.41) is 3.22. The molecule has 1 aromatic heterocycles. The lowest BCUT2D eigenvalue weighted by molar-refractivity contribution is 0.372. The molecule has 0 amide bonds.